The minimum absolute atomic E-state index is 0.0413. The Hall–Kier alpha value is -1.55. The van der Waals surface area contributed by atoms with Gasteiger partial charge in [-0.25, -0.2) is 0 Å². The van der Waals surface area contributed by atoms with E-state index in [1.165, 1.54) is 0 Å². The van der Waals surface area contributed by atoms with E-state index in [4.69, 9.17) is 10.5 Å². The van der Waals surface area contributed by atoms with Crippen molar-refractivity contribution in [2.45, 2.75) is 44.2 Å². The summed E-state index contributed by atoms with van der Waals surface area (Å²) in [5.41, 5.74) is 7.39. The van der Waals surface area contributed by atoms with Crippen molar-refractivity contribution in [3.05, 3.63) is 29.8 Å². The smallest absolute Gasteiger partial charge is 0.227 e. The van der Waals surface area contributed by atoms with Crippen molar-refractivity contribution in [3.63, 3.8) is 0 Å². The number of carbonyl (C=O) groups excluding carboxylic acids is 1. The van der Waals surface area contributed by atoms with Crippen molar-refractivity contribution in [2.24, 2.45) is 0 Å². The molecular formula is C15H22N2O2. The Morgan fingerprint density at radius 2 is 2.26 bits per heavy atom. The lowest BCUT2D eigenvalue weighted by molar-refractivity contribution is -0.123. The summed E-state index contributed by atoms with van der Waals surface area (Å²) in [5.74, 6) is -0.152. The molecule has 0 aromatic heterocycles. The van der Waals surface area contributed by atoms with Gasteiger partial charge in [-0.1, -0.05) is 12.1 Å². The molecular weight excluding hydrogens is 240 g/mol. The fraction of sp³-hybridized carbons (Fsp3) is 0.533. The van der Waals surface area contributed by atoms with Gasteiger partial charge in [-0.15, -0.1) is 0 Å². The molecule has 1 aliphatic rings. The number of hydrogen-bond acceptors (Lipinski definition) is 3. The van der Waals surface area contributed by atoms with Crippen LogP contribution >= 0.6 is 0 Å². The molecule has 19 heavy (non-hydrogen) atoms. The molecule has 1 aromatic rings. The maximum atomic E-state index is 12.3. The summed E-state index contributed by atoms with van der Waals surface area (Å²) in [7, 11) is 1.70. The van der Waals surface area contributed by atoms with Crippen LogP contribution in [0.3, 0.4) is 0 Å². The number of nitrogens with one attached hydrogen (secondary N) is 1. The number of nitrogen functional groups attached to an aromatic ring is 1. The third-order valence-corrected chi connectivity index (χ3v) is 3.89. The Balaban J connectivity index is 1.99. The lowest BCUT2D eigenvalue weighted by Gasteiger charge is -2.22. The fourth-order valence-electron chi connectivity index (χ4n) is 2.66. The molecule has 2 rings (SSSR count). The second-order valence-corrected chi connectivity index (χ2v) is 5.21. The van der Waals surface area contributed by atoms with Crippen molar-refractivity contribution in [1.29, 1.82) is 0 Å². The van der Waals surface area contributed by atoms with Crippen LogP contribution in [0.1, 0.15) is 37.7 Å². The SMILES string of the molecule is COC1CCCC1NC(=O)C(C)c1cccc(N)c1. The minimum Gasteiger partial charge on any atom is -0.399 e. The highest BCUT2D eigenvalue weighted by Crippen LogP contribution is 2.23. The van der Waals surface area contributed by atoms with Crippen molar-refractivity contribution in [3.8, 4) is 0 Å². The lowest BCUT2D eigenvalue weighted by atomic mass is 9.99. The van der Waals surface area contributed by atoms with Crippen molar-refractivity contribution in [2.75, 3.05) is 12.8 Å². The normalized spacial score (nSPS) is 24.1. The lowest BCUT2D eigenvalue weighted by Crippen LogP contribution is -2.42. The number of anilines is 1. The summed E-state index contributed by atoms with van der Waals surface area (Å²) >= 11 is 0. The molecule has 4 nitrogen and oxygen atoms in total. The highest BCUT2D eigenvalue weighted by atomic mass is 16.5. The van der Waals surface area contributed by atoms with Crippen LogP contribution in [-0.4, -0.2) is 25.2 Å². The largest absolute Gasteiger partial charge is 0.399 e. The molecule has 0 spiro atoms. The summed E-state index contributed by atoms with van der Waals surface area (Å²) in [6.07, 6.45) is 3.27. The second-order valence-electron chi connectivity index (χ2n) is 5.21. The number of nitrogens with two attached hydrogens (primary N) is 1. The van der Waals surface area contributed by atoms with Crippen LogP contribution in [0.4, 0.5) is 5.69 Å². The number of benzene rings is 1. The summed E-state index contributed by atoms with van der Waals surface area (Å²) in [6.45, 7) is 1.90. The van der Waals surface area contributed by atoms with E-state index in [0.29, 0.717) is 5.69 Å². The van der Waals surface area contributed by atoms with E-state index in [1.54, 1.807) is 7.11 Å². The van der Waals surface area contributed by atoms with Gasteiger partial charge in [0, 0.05) is 12.8 Å². The van der Waals surface area contributed by atoms with E-state index in [1.807, 2.05) is 31.2 Å². The quantitative estimate of drug-likeness (QED) is 0.816. The third kappa shape index (κ3) is 3.26. The predicted octanol–water partition coefficient (Wildman–Crippen LogP) is 2.06. The second kappa shape index (κ2) is 6.06. The zero-order valence-electron chi connectivity index (χ0n) is 11.6. The molecule has 1 aromatic carbocycles. The Bertz CT molecular complexity index is 448. The number of carbonyl (C=O) groups is 1. The molecule has 1 fully saturated rings. The van der Waals surface area contributed by atoms with Gasteiger partial charge in [-0.05, 0) is 43.9 Å². The Labute approximate surface area is 114 Å². The van der Waals surface area contributed by atoms with Gasteiger partial charge in [0.2, 0.25) is 5.91 Å². The van der Waals surface area contributed by atoms with Crippen LogP contribution < -0.4 is 11.1 Å². The highest BCUT2D eigenvalue weighted by molar-refractivity contribution is 5.83. The van der Waals surface area contributed by atoms with E-state index in [0.717, 1.165) is 24.8 Å². The van der Waals surface area contributed by atoms with Crippen molar-refractivity contribution >= 4 is 11.6 Å². The van der Waals surface area contributed by atoms with E-state index in [-0.39, 0.29) is 24.0 Å². The van der Waals surface area contributed by atoms with Crippen molar-refractivity contribution in [1.82, 2.24) is 5.32 Å². The van der Waals surface area contributed by atoms with Gasteiger partial charge in [0.25, 0.3) is 0 Å². The first-order valence-electron chi connectivity index (χ1n) is 6.80. The van der Waals surface area contributed by atoms with Gasteiger partial charge in [0.05, 0.1) is 18.1 Å². The molecule has 1 aliphatic carbocycles. The monoisotopic (exact) mass is 262 g/mol. The van der Waals surface area contributed by atoms with Crippen LogP contribution in [0.25, 0.3) is 0 Å². The molecule has 1 saturated carbocycles. The van der Waals surface area contributed by atoms with Crippen LogP contribution in [0.2, 0.25) is 0 Å². The molecule has 3 N–H and O–H groups in total. The molecule has 0 radical (unpaired) electrons. The van der Waals surface area contributed by atoms with Crippen LogP contribution in [0.5, 0.6) is 0 Å². The van der Waals surface area contributed by atoms with E-state index in [2.05, 4.69) is 5.32 Å². The Morgan fingerprint density at radius 3 is 2.95 bits per heavy atom. The first-order chi connectivity index (χ1) is 9.11. The molecule has 1 amide bonds. The Morgan fingerprint density at radius 1 is 1.47 bits per heavy atom. The third-order valence-electron chi connectivity index (χ3n) is 3.89. The first-order valence-corrected chi connectivity index (χ1v) is 6.80. The zero-order valence-corrected chi connectivity index (χ0v) is 11.6. The summed E-state index contributed by atoms with van der Waals surface area (Å²) in [4.78, 5) is 12.3. The highest BCUT2D eigenvalue weighted by Gasteiger charge is 2.29. The molecule has 3 atom stereocenters. The number of rotatable bonds is 4. The van der Waals surface area contributed by atoms with Crippen LogP contribution in [0.15, 0.2) is 24.3 Å². The summed E-state index contributed by atoms with van der Waals surface area (Å²) in [5, 5.41) is 3.09. The average molecular weight is 262 g/mol. The molecule has 0 aliphatic heterocycles. The molecule has 4 heteroatoms. The summed E-state index contributed by atoms with van der Waals surface area (Å²) in [6, 6.07) is 7.63. The average Bonchev–Trinajstić information content (AvgIpc) is 2.85. The minimum atomic E-state index is -0.193. The van der Waals surface area contributed by atoms with Gasteiger partial charge < -0.3 is 15.8 Å². The van der Waals surface area contributed by atoms with E-state index in [9.17, 15) is 4.79 Å². The number of methoxy groups -OCH3 is 1. The summed E-state index contributed by atoms with van der Waals surface area (Å²) < 4.78 is 5.39. The maximum Gasteiger partial charge on any atom is 0.227 e. The maximum absolute atomic E-state index is 12.3. The molecule has 0 saturated heterocycles. The molecule has 104 valence electrons. The molecule has 0 bridgehead atoms. The number of hydrogen-bond donors (Lipinski definition) is 2. The van der Waals surface area contributed by atoms with Gasteiger partial charge in [0.15, 0.2) is 0 Å². The number of ether oxygens (including phenoxy) is 1. The van der Waals surface area contributed by atoms with Crippen LogP contribution in [0, 0.1) is 0 Å². The molecule has 0 heterocycles. The van der Waals surface area contributed by atoms with Gasteiger partial charge in [-0.2, -0.15) is 0 Å². The van der Waals surface area contributed by atoms with Crippen LogP contribution in [-0.2, 0) is 9.53 Å². The van der Waals surface area contributed by atoms with Gasteiger partial charge in [-0.3, -0.25) is 4.79 Å². The number of amides is 1. The van der Waals surface area contributed by atoms with Gasteiger partial charge >= 0.3 is 0 Å². The first kappa shape index (κ1) is 13.9. The topological polar surface area (TPSA) is 64.3 Å². The van der Waals surface area contributed by atoms with Crippen molar-refractivity contribution < 1.29 is 9.53 Å². The molecule has 3 unspecified atom stereocenters. The standard InChI is InChI=1S/C15H22N2O2/c1-10(11-5-3-6-12(16)9-11)15(18)17-13-7-4-8-14(13)19-2/h3,5-6,9-10,13-14H,4,7-8,16H2,1-2H3,(H,17,18). The van der Waals surface area contributed by atoms with E-state index < -0.39 is 0 Å². The fourth-order valence-corrected chi connectivity index (χ4v) is 2.66. The van der Waals surface area contributed by atoms with Gasteiger partial charge in [0.1, 0.15) is 0 Å². The Kier molecular flexibility index (Phi) is 4.43. The predicted molar refractivity (Wildman–Crippen MR) is 75.8 cm³/mol. The zero-order chi connectivity index (χ0) is 13.8. The van der Waals surface area contributed by atoms with E-state index >= 15 is 0 Å².